The molecule has 4 rings (SSSR count). The number of carbonyl (C=O) groups is 3. The number of carbonyl (C=O) groups excluding carboxylic acids is 3. The first-order valence-corrected chi connectivity index (χ1v) is 14.3. The number of esters is 1. The number of fused-ring (bicyclic) bond motifs is 1. The number of rotatable bonds is 8. The number of anilines is 2. The molecule has 2 amide bonds. The Hall–Kier alpha value is -3.30. The van der Waals surface area contributed by atoms with Gasteiger partial charge < -0.3 is 20.1 Å². The lowest BCUT2D eigenvalue weighted by molar-refractivity contribution is -0.115. The average Bonchev–Trinajstić information content (AvgIpc) is 3.23. The molecule has 1 heterocycles. The summed E-state index contributed by atoms with van der Waals surface area (Å²) >= 11 is 2.87. The molecule has 200 valence electrons. The van der Waals surface area contributed by atoms with E-state index >= 15 is 0 Å². The van der Waals surface area contributed by atoms with E-state index in [1.165, 1.54) is 41.5 Å². The summed E-state index contributed by atoms with van der Waals surface area (Å²) in [7, 11) is 2.93. The van der Waals surface area contributed by atoms with Crippen LogP contribution in [0.4, 0.5) is 10.7 Å². The van der Waals surface area contributed by atoms with E-state index in [9.17, 15) is 14.4 Å². The molecule has 0 fully saturated rings. The van der Waals surface area contributed by atoms with Gasteiger partial charge in [-0.05, 0) is 74.6 Å². The summed E-state index contributed by atoms with van der Waals surface area (Å²) in [4.78, 5) is 40.5. The Morgan fingerprint density at radius 3 is 2.47 bits per heavy atom. The second-order valence-electron chi connectivity index (χ2n) is 9.08. The molecular weight excluding hydrogens is 520 g/mol. The molecule has 0 radical (unpaired) electrons. The molecule has 1 aliphatic carbocycles. The first kappa shape index (κ1) is 27.7. The molecule has 0 spiro atoms. The maximum atomic E-state index is 13.2. The van der Waals surface area contributed by atoms with Crippen LogP contribution in [0.15, 0.2) is 53.4 Å². The van der Waals surface area contributed by atoms with Gasteiger partial charge in [0.05, 0.1) is 25.0 Å². The van der Waals surface area contributed by atoms with Crippen molar-refractivity contribution in [2.45, 2.75) is 55.6 Å². The minimum absolute atomic E-state index is 0.194. The van der Waals surface area contributed by atoms with Crippen molar-refractivity contribution in [2.24, 2.45) is 0 Å². The van der Waals surface area contributed by atoms with Crippen LogP contribution >= 0.6 is 23.1 Å². The summed E-state index contributed by atoms with van der Waals surface area (Å²) in [6, 6.07) is 14.3. The first-order valence-electron chi connectivity index (χ1n) is 12.7. The van der Waals surface area contributed by atoms with Crippen molar-refractivity contribution in [1.29, 1.82) is 0 Å². The van der Waals surface area contributed by atoms with Crippen LogP contribution in [-0.2, 0) is 22.4 Å². The van der Waals surface area contributed by atoms with Crippen LogP contribution in [0, 0.1) is 0 Å². The number of hydrogen-bond acceptors (Lipinski definition) is 7. The van der Waals surface area contributed by atoms with Gasteiger partial charge in [0.2, 0.25) is 5.91 Å². The molecule has 1 aromatic heterocycles. The lowest BCUT2D eigenvalue weighted by Gasteiger charge is -2.14. The van der Waals surface area contributed by atoms with Crippen molar-refractivity contribution >= 4 is 51.6 Å². The zero-order valence-electron chi connectivity index (χ0n) is 21.8. The third-order valence-corrected chi connectivity index (χ3v) is 8.70. The van der Waals surface area contributed by atoms with Gasteiger partial charge in [-0.25, -0.2) is 4.79 Å². The highest BCUT2D eigenvalue weighted by Gasteiger charge is 2.27. The number of ether oxygens (including phenoxy) is 2. The van der Waals surface area contributed by atoms with E-state index in [-0.39, 0.29) is 11.8 Å². The maximum Gasteiger partial charge on any atom is 0.341 e. The van der Waals surface area contributed by atoms with Crippen LogP contribution in [0.3, 0.4) is 0 Å². The predicted molar refractivity (Wildman–Crippen MR) is 153 cm³/mol. The molecule has 2 N–H and O–H groups in total. The molecule has 7 nitrogen and oxygen atoms in total. The number of methoxy groups -OCH3 is 2. The van der Waals surface area contributed by atoms with Crippen LogP contribution in [0.25, 0.3) is 0 Å². The first-order chi connectivity index (χ1) is 18.4. The highest BCUT2D eigenvalue weighted by Crippen LogP contribution is 2.38. The Kier molecular flexibility index (Phi) is 9.47. The van der Waals surface area contributed by atoms with Crippen molar-refractivity contribution in [3.63, 3.8) is 0 Å². The number of thioether (sulfide) groups is 1. The van der Waals surface area contributed by atoms with Crippen LogP contribution in [-0.4, -0.2) is 37.3 Å². The van der Waals surface area contributed by atoms with E-state index in [1.54, 1.807) is 37.4 Å². The Labute approximate surface area is 231 Å². The SMILES string of the molecule is COC(=O)c1c(NC(=O)C(C)Sc2cccc(NC(=O)c3cccc(OC)c3)c2)sc2c1CCCCCC2. The standard InChI is InChI=1S/C29H32N2O5S2/c1-18(26(32)31-28-25(29(34)36-3)23-14-6-4-5-7-15-24(23)38-28)37-22-13-9-11-20(17-22)30-27(33)19-10-8-12-21(16-19)35-2/h8-13,16-18H,4-7,14-15H2,1-3H3,(H,30,33)(H,31,32). The zero-order chi connectivity index (χ0) is 27.1. The van der Waals surface area contributed by atoms with Crippen molar-refractivity contribution in [2.75, 3.05) is 24.9 Å². The summed E-state index contributed by atoms with van der Waals surface area (Å²) in [6.07, 6.45) is 6.17. The van der Waals surface area contributed by atoms with E-state index in [0.717, 1.165) is 42.6 Å². The van der Waals surface area contributed by atoms with Crippen LogP contribution < -0.4 is 15.4 Å². The van der Waals surface area contributed by atoms with Crippen molar-refractivity contribution < 1.29 is 23.9 Å². The minimum Gasteiger partial charge on any atom is -0.497 e. The molecule has 0 aliphatic heterocycles. The smallest absolute Gasteiger partial charge is 0.341 e. The summed E-state index contributed by atoms with van der Waals surface area (Å²) in [6.45, 7) is 1.82. The highest BCUT2D eigenvalue weighted by molar-refractivity contribution is 8.00. The topological polar surface area (TPSA) is 93.7 Å². The van der Waals surface area contributed by atoms with E-state index in [0.29, 0.717) is 27.6 Å². The van der Waals surface area contributed by atoms with E-state index in [4.69, 9.17) is 9.47 Å². The number of amides is 2. The molecule has 1 aliphatic rings. The normalized spacial score (nSPS) is 13.9. The second-order valence-corrected chi connectivity index (χ2v) is 11.6. The molecule has 0 saturated carbocycles. The molecule has 1 unspecified atom stereocenters. The minimum atomic E-state index is -0.436. The van der Waals surface area contributed by atoms with Gasteiger partial charge in [-0.15, -0.1) is 23.1 Å². The van der Waals surface area contributed by atoms with Gasteiger partial charge in [0.15, 0.2) is 0 Å². The van der Waals surface area contributed by atoms with Gasteiger partial charge in [-0.3, -0.25) is 9.59 Å². The van der Waals surface area contributed by atoms with Crippen LogP contribution in [0.5, 0.6) is 5.75 Å². The Morgan fingerprint density at radius 2 is 1.71 bits per heavy atom. The quantitative estimate of drug-likeness (QED) is 0.242. The molecule has 2 aromatic carbocycles. The largest absolute Gasteiger partial charge is 0.497 e. The van der Waals surface area contributed by atoms with E-state index < -0.39 is 11.2 Å². The fraction of sp³-hybridized carbons (Fsp3) is 0.345. The third kappa shape index (κ3) is 6.76. The van der Waals surface area contributed by atoms with Crippen molar-refractivity contribution in [1.82, 2.24) is 0 Å². The highest BCUT2D eigenvalue weighted by atomic mass is 32.2. The summed E-state index contributed by atoms with van der Waals surface area (Å²) < 4.78 is 10.3. The van der Waals surface area contributed by atoms with Gasteiger partial charge in [0.25, 0.3) is 5.91 Å². The van der Waals surface area contributed by atoms with Gasteiger partial charge in [-0.1, -0.05) is 25.0 Å². The van der Waals surface area contributed by atoms with Gasteiger partial charge in [0, 0.05) is 21.0 Å². The van der Waals surface area contributed by atoms with Crippen molar-refractivity contribution in [3.8, 4) is 5.75 Å². The average molecular weight is 553 g/mol. The number of aryl methyl sites for hydroxylation is 1. The molecular formula is C29H32N2O5S2. The molecule has 1 atom stereocenters. The monoisotopic (exact) mass is 552 g/mol. The molecule has 0 saturated heterocycles. The van der Waals surface area contributed by atoms with E-state index in [1.807, 2.05) is 25.1 Å². The zero-order valence-corrected chi connectivity index (χ0v) is 23.4. The maximum absolute atomic E-state index is 13.2. The Balaban J connectivity index is 1.44. The molecule has 3 aromatic rings. The second kappa shape index (κ2) is 13.0. The van der Waals surface area contributed by atoms with Gasteiger partial charge in [0.1, 0.15) is 10.8 Å². The van der Waals surface area contributed by atoms with Crippen molar-refractivity contribution in [3.05, 3.63) is 70.1 Å². The Bertz CT molecular complexity index is 1320. The lowest BCUT2D eigenvalue weighted by Crippen LogP contribution is -2.23. The number of benzene rings is 2. The fourth-order valence-electron chi connectivity index (χ4n) is 4.41. The number of nitrogens with one attached hydrogen (secondary N) is 2. The Morgan fingerprint density at radius 1 is 0.947 bits per heavy atom. The number of hydrogen-bond donors (Lipinski definition) is 2. The molecule has 9 heteroatoms. The molecule has 38 heavy (non-hydrogen) atoms. The van der Waals surface area contributed by atoms with Gasteiger partial charge in [-0.2, -0.15) is 0 Å². The number of thiophene rings is 1. The van der Waals surface area contributed by atoms with Gasteiger partial charge >= 0.3 is 5.97 Å². The summed E-state index contributed by atoms with van der Waals surface area (Å²) in [5, 5.41) is 6.03. The predicted octanol–water partition coefficient (Wildman–Crippen LogP) is 6.57. The van der Waals surface area contributed by atoms with Crippen LogP contribution in [0.2, 0.25) is 0 Å². The van der Waals surface area contributed by atoms with E-state index in [2.05, 4.69) is 10.6 Å². The summed E-state index contributed by atoms with van der Waals surface area (Å²) in [5.74, 6) is -0.242. The van der Waals surface area contributed by atoms with Crippen LogP contribution in [0.1, 0.15) is 63.8 Å². The third-order valence-electron chi connectivity index (χ3n) is 6.40. The summed E-state index contributed by atoms with van der Waals surface area (Å²) in [5.41, 5.74) is 2.64. The molecule has 0 bridgehead atoms. The fourth-order valence-corrected chi connectivity index (χ4v) is 6.62. The lowest BCUT2D eigenvalue weighted by atomic mass is 9.96.